The summed E-state index contributed by atoms with van der Waals surface area (Å²) in [5.41, 5.74) is 1.28. The molecule has 1 fully saturated rings. The van der Waals surface area contributed by atoms with Crippen molar-refractivity contribution >= 4 is 29.0 Å². The number of amides is 1. The molecule has 2 aliphatic heterocycles. The van der Waals surface area contributed by atoms with Gasteiger partial charge >= 0.3 is 0 Å². The number of hydrogen-bond acceptors (Lipinski definition) is 4. The number of carbonyl (C=O) groups excluding carboxylic acids is 1. The Morgan fingerprint density at radius 2 is 2.23 bits per heavy atom. The van der Waals surface area contributed by atoms with Crippen molar-refractivity contribution in [1.82, 2.24) is 4.90 Å². The number of piperidine rings is 1. The van der Waals surface area contributed by atoms with Gasteiger partial charge in [0.1, 0.15) is 5.25 Å². The van der Waals surface area contributed by atoms with Crippen molar-refractivity contribution < 1.29 is 9.53 Å². The Morgan fingerprint density at radius 1 is 1.41 bits per heavy atom. The van der Waals surface area contributed by atoms with Crippen LogP contribution in [0, 0.1) is 5.92 Å². The van der Waals surface area contributed by atoms with Crippen LogP contribution >= 0.6 is 23.1 Å². The lowest BCUT2D eigenvalue weighted by Crippen LogP contribution is -2.41. The van der Waals surface area contributed by atoms with E-state index in [1.54, 1.807) is 11.3 Å². The zero-order valence-corrected chi connectivity index (χ0v) is 14.9. The van der Waals surface area contributed by atoms with Crippen LogP contribution in [0.5, 0.6) is 0 Å². The molecule has 5 heteroatoms. The third kappa shape index (κ3) is 3.69. The average Bonchev–Trinajstić information content (AvgIpc) is 3.04. The summed E-state index contributed by atoms with van der Waals surface area (Å²) >= 11 is 3.63. The van der Waals surface area contributed by atoms with E-state index in [4.69, 9.17) is 4.74 Å². The predicted molar refractivity (Wildman–Crippen MR) is 93.6 cm³/mol. The Morgan fingerprint density at radius 3 is 3.00 bits per heavy atom. The number of fused-ring (bicyclic) bond motifs is 1. The number of hydrogen-bond donors (Lipinski definition) is 0. The van der Waals surface area contributed by atoms with Gasteiger partial charge in [0.05, 0.1) is 0 Å². The van der Waals surface area contributed by atoms with Gasteiger partial charge in [0.25, 0.3) is 0 Å². The largest absolute Gasteiger partial charge is 0.382 e. The Kier molecular flexibility index (Phi) is 5.83. The first-order valence-corrected chi connectivity index (χ1v) is 10.3. The first kappa shape index (κ1) is 16.3. The van der Waals surface area contributed by atoms with Gasteiger partial charge in [-0.25, -0.2) is 0 Å². The molecule has 3 heterocycles. The van der Waals surface area contributed by atoms with Crippen LogP contribution in [0.15, 0.2) is 11.4 Å². The van der Waals surface area contributed by atoms with Crippen LogP contribution in [-0.2, 0) is 16.0 Å². The van der Waals surface area contributed by atoms with Crippen LogP contribution in [0.1, 0.15) is 41.9 Å². The lowest BCUT2D eigenvalue weighted by Gasteiger charge is -2.35. The highest BCUT2D eigenvalue weighted by molar-refractivity contribution is 8.00. The molecule has 1 aromatic rings. The van der Waals surface area contributed by atoms with Crippen LogP contribution in [-0.4, -0.2) is 42.9 Å². The number of carbonyl (C=O) groups is 1. The predicted octanol–water partition coefficient (Wildman–Crippen LogP) is 3.74. The second-order valence-electron chi connectivity index (χ2n) is 6.05. The van der Waals surface area contributed by atoms with Gasteiger partial charge in [-0.15, -0.1) is 23.1 Å². The smallest absolute Gasteiger partial charge is 0.240 e. The first-order valence-electron chi connectivity index (χ1n) is 8.34. The van der Waals surface area contributed by atoms with Gasteiger partial charge in [0, 0.05) is 31.2 Å². The van der Waals surface area contributed by atoms with Crippen molar-refractivity contribution in [3.63, 3.8) is 0 Å². The standard InChI is InChI=1S/C17H25NO2S2/c1-2-20-10-5-13-3-8-18(9-4-13)17(19)16-14-6-11-21-15(14)7-12-22-16/h6,11,13,16H,2-5,7-10,12H2,1H3/t16-/m0/s1. The van der Waals surface area contributed by atoms with E-state index in [0.29, 0.717) is 5.91 Å². The van der Waals surface area contributed by atoms with Crippen molar-refractivity contribution in [2.75, 3.05) is 32.1 Å². The van der Waals surface area contributed by atoms with E-state index in [1.165, 1.54) is 10.4 Å². The van der Waals surface area contributed by atoms with Gasteiger partial charge in [-0.2, -0.15) is 0 Å². The molecule has 0 bridgehead atoms. The van der Waals surface area contributed by atoms with E-state index < -0.39 is 0 Å². The Balaban J connectivity index is 1.53. The quantitative estimate of drug-likeness (QED) is 0.765. The normalized spacial score (nSPS) is 22.6. The molecule has 122 valence electrons. The lowest BCUT2D eigenvalue weighted by atomic mass is 9.93. The fourth-order valence-corrected chi connectivity index (χ4v) is 5.73. The summed E-state index contributed by atoms with van der Waals surface area (Å²) in [4.78, 5) is 16.4. The van der Waals surface area contributed by atoms with Gasteiger partial charge in [0.15, 0.2) is 0 Å². The van der Waals surface area contributed by atoms with E-state index in [-0.39, 0.29) is 5.25 Å². The number of rotatable bonds is 5. The molecular formula is C17H25NO2S2. The third-order valence-electron chi connectivity index (χ3n) is 4.70. The van der Waals surface area contributed by atoms with Crippen molar-refractivity contribution in [1.29, 1.82) is 0 Å². The molecule has 0 spiro atoms. The molecule has 22 heavy (non-hydrogen) atoms. The van der Waals surface area contributed by atoms with Gasteiger partial charge < -0.3 is 9.64 Å². The minimum Gasteiger partial charge on any atom is -0.382 e. The number of thiophene rings is 1. The summed E-state index contributed by atoms with van der Waals surface area (Å²) in [7, 11) is 0. The van der Waals surface area contributed by atoms with E-state index in [0.717, 1.165) is 63.7 Å². The Hall–Kier alpha value is -0.520. The molecule has 3 nitrogen and oxygen atoms in total. The number of ether oxygens (including phenoxy) is 1. The maximum Gasteiger partial charge on any atom is 0.240 e. The first-order chi connectivity index (χ1) is 10.8. The summed E-state index contributed by atoms with van der Waals surface area (Å²) in [5, 5.41) is 2.19. The van der Waals surface area contributed by atoms with Gasteiger partial charge in [0.2, 0.25) is 5.91 Å². The minimum absolute atomic E-state index is 0.0509. The highest BCUT2D eigenvalue weighted by atomic mass is 32.2. The van der Waals surface area contributed by atoms with Crippen LogP contribution < -0.4 is 0 Å². The minimum atomic E-state index is 0.0509. The molecular weight excluding hydrogens is 314 g/mol. The SMILES string of the molecule is CCOCCC1CCN(C(=O)[C@H]2SCCc3sccc32)CC1. The fourth-order valence-electron chi connectivity index (χ4n) is 3.35. The molecule has 2 aliphatic rings. The molecule has 1 amide bonds. The molecule has 1 atom stereocenters. The topological polar surface area (TPSA) is 29.5 Å². The summed E-state index contributed by atoms with van der Waals surface area (Å²) in [5.74, 6) is 2.15. The van der Waals surface area contributed by atoms with Gasteiger partial charge in [-0.1, -0.05) is 0 Å². The molecule has 0 aromatic carbocycles. The molecule has 1 saturated heterocycles. The second kappa shape index (κ2) is 7.84. The molecule has 0 radical (unpaired) electrons. The molecule has 1 aromatic heterocycles. The maximum absolute atomic E-state index is 12.9. The van der Waals surface area contributed by atoms with Crippen LogP contribution in [0.3, 0.4) is 0 Å². The van der Waals surface area contributed by atoms with E-state index >= 15 is 0 Å². The van der Waals surface area contributed by atoms with Crippen LogP contribution in [0.4, 0.5) is 0 Å². The highest BCUT2D eigenvalue weighted by Crippen LogP contribution is 2.41. The monoisotopic (exact) mass is 339 g/mol. The third-order valence-corrected chi connectivity index (χ3v) is 6.93. The van der Waals surface area contributed by atoms with Gasteiger partial charge in [-0.05, 0) is 61.3 Å². The molecule has 0 aliphatic carbocycles. The Bertz CT molecular complexity index is 495. The molecule has 3 rings (SSSR count). The lowest BCUT2D eigenvalue weighted by molar-refractivity contribution is -0.132. The van der Waals surface area contributed by atoms with Crippen molar-refractivity contribution in [3.8, 4) is 0 Å². The van der Waals surface area contributed by atoms with Gasteiger partial charge in [-0.3, -0.25) is 4.79 Å². The van der Waals surface area contributed by atoms with E-state index in [1.807, 2.05) is 18.7 Å². The molecule has 0 unspecified atom stereocenters. The summed E-state index contributed by atoms with van der Waals surface area (Å²) in [6.07, 6.45) is 4.53. The van der Waals surface area contributed by atoms with Crippen LogP contribution in [0.2, 0.25) is 0 Å². The van der Waals surface area contributed by atoms with E-state index in [2.05, 4.69) is 16.3 Å². The van der Waals surface area contributed by atoms with Crippen molar-refractivity contribution in [3.05, 3.63) is 21.9 Å². The molecule has 0 N–H and O–H groups in total. The molecule has 0 saturated carbocycles. The fraction of sp³-hybridized carbons (Fsp3) is 0.706. The maximum atomic E-state index is 12.9. The van der Waals surface area contributed by atoms with Crippen LogP contribution in [0.25, 0.3) is 0 Å². The zero-order chi connectivity index (χ0) is 15.4. The Labute approximate surface area is 141 Å². The number of likely N-dealkylation sites (tertiary alicyclic amines) is 1. The van der Waals surface area contributed by atoms with E-state index in [9.17, 15) is 4.79 Å². The van der Waals surface area contributed by atoms with Crippen molar-refractivity contribution in [2.45, 2.75) is 37.9 Å². The highest BCUT2D eigenvalue weighted by Gasteiger charge is 2.33. The number of aryl methyl sites for hydroxylation is 1. The number of nitrogens with zero attached hydrogens (tertiary/aromatic N) is 1. The van der Waals surface area contributed by atoms with Crippen molar-refractivity contribution in [2.24, 2.45) is 5.92 Å². The zero-order valence-electron chi connectivity index (χ0n) is 13.3. The summed E-state index contributed by atoms with van der Waals surface area (Å²) in [6, 6.07) is 2.16. The second-order valence-corrected chi connectivity index (χ2v) is 8.27. The summed E-state index contributed by atoms with van der Waals surface area (Å²) in [6.45, 7) is 5.56. The average molecular weight is 340 g/mol. The summed E-state index contributed by atoms with van der Waals surface area (Å²) < 4.78 is 5.45. The number of thioether (sulfide) groups is 1.